The Kier molecular flexibility index (Phi) is 4.47. The van der Waals surface area contributed by atoms with E-state index in [9.17, 15) is 8.42 Å². The van der Waals surface area contributed by atoms with Gasteiger partial charge in [0.2, 0.25) is 10.0 Å². The van der Waals surface area contributed by atoms with Crippen molar-refractivity contribution in [3.63, 3.8) is 0 Å². The van der Waals surface area contributed by atoms with E-state index < -0.39 is 10.0 Å². The van der Waals surface area contributed by atoms with Crippen molar-refractivity contribution in [2.45, 2.75) is 50.5 Å². The summed E-state index contributed by atoms with van der Waals surface area (Å²) >= 11 is 0. The lowest BCUT2D eigenvalue weighted by molar-refractivity contribution is 0.404. The average molecular weight is 310 g/mol. The monoisotopic (exact) mass is 310 g/mol. The Bertz CT molecular complexity index is 588. The Morgan fingerprint density at radius 3 is 2.24 bits per heavy atom. The summed E-state index contributed by atoms with van der Waals surface area (Å²) in [5, 5.41) is 0. The van der Waals surface area contributed by atoms with Crippen molar-refractivity contribution in [2.75, 3.05) is 13.1 Å². The Balaban J connectivity index is 2.28. The molecule has 1 aliphatic rings. The molecule has 1 aromatic carbocycles. The van der Waals surface area contributed by atoms with Crippen molar-refractivity contribution in [1.82, 2.24) is 4.31 Å². The molecule has 2 atom stereocenters. The van der Waals surface area contributed by atoms with E-state index >= 15 is 0 Å². The van der Waals surface area contributed by atoms with Crippen LogP contribution in [0.3, 0.4) is 0 Å². The molecule has 1 fully saturated rings. The zero-order valence-corrected chi connectivity index (χ0v) is 14.2. The van der Waals surface area contributed by atoms with Gasteiger partial charge in [0.1, 0.15) is 0 Å². The summed E-state index contributed by atoms with van der Waals surface area (Å²) in [6.45, 7) is 9.37. The molecule has 0 saturated carbocycles. The fourth-order valence-electron chi connectivity index (χ4n) is 2.88. The van der Waals surface area contributed by atoms with E-state index in [-0.39, 0.29) is 17.4 Å². The van der Waals surface area contributed by atoms with E-state index in [0.717, 1.165) is 12.0 Å². The lowest BCUT2D eigenvalue weighted by Crippen LogP contribution is -2.34. The van der Waals surface area contributed by atoms with Crippen molar-refractivity contribution in [3.8, 4) is 0 Å². The van der Waals surface area contributed by atoms with Gasteiger partial charge in [0, 0.05) is 12.6 Å². The lowest BCUT2D eigenvalue weighted by Gasteiger charge is -2.23. The molecular formula is C16H26N2O2S. The predicted octanol–water partition coefficient (Wildman–Crippen LogP) is 2.34. The third-order valence-corrected chi connectivity index (χ3v) is 6.26. The molecule has 5 heteroatoms. The summed E-state index contributed by atoms with van der Waals surface area (Å²) in [4.78, 5) is 0.375. The maximum Gasteiger partial charge on any atom is 0.243 e. The highest BCUT2D eigenvalue weighted by Crippen LogP contribution is 2.30. The number of sulfonamides is 1. The standard InChI is InChI=1S/C16H26N2O2S/c1-12-9-13(10-17)11-18(12)21(19,20)15-7-5-14(6-8-15)16(2,3)4/h5-8,12-13H,9-11,17H2,1-4H3. The minimum atomic E-state index is -3.42. The minimum absolute atomic E-state index is 0.0193. The molecule has 0 aliphatic carbocycles. The van der Waals surface area contributed by atoms with Gasteiger partial charge in [-0.1, -0.05) is 32.9 Å². The van der Waals surface area contributed by atoms with Gasteiger partial charge in [-0.2, -0.15) is 4.31 Å². The van der Waals surface area contributed by atoms with Crippen molar-refractivity contribution >= 4 is 10.0 Å². The Morgan fingerprint density at radius 1 is 1.24 bits per heavy atom. The summed E-state index contributed by atoms with van der Waals surface area (Å²) in [6, 6.07) is 7.28. The number of benzene rings is 1. The highest BCUT2D eigenvalue weighted by atomic mass is 32.2. The molecule has 0 spiro atoms. The van der Waals surface area contributed by atoms with Gasteiger partial charge < -0.3 is 5.73 Å². The highest BCUT2D eigenvalue weighted by Gasteiger charge is 2.37. The van der Waals surface area contributed by atoms with Gasteiger partial charge in [-0.25, -0.2) is 8.42 Å². The molecule has 0 radical (unpaired) electrons. The Hall–Kier alpha value is -0.910. The van der Waals surface area contributed by atoms with Crippen molar-refractivity contribution in [3.05, 3.63) is 29.8 Å². The number of hydrogen-bond acceptors (Lipinski definition) is 3. The molecule has 118 valence electrons. The van der Waals surface area contributed by atoms with Crippen LogP contribution in [0.15, 0.2) is 29.2 Å². The molecule has 0 aromatic heterocycles. The van der Waals surface area contributed by atoms with Crippen LogP contribution in [0.1, 0.15) is 39.7 Å². The van der Waals surface area contributed by atoms with Crippen LogP contribution in [0.25, 0.3) is 0 Å². The third kappa shape index (κ3) is 3.30. The first-order valence-corrected chi connectivity index (χ1v) is 8.92. The first-order valence-electron chi connectivity index (χ1n) is 7.48. The number of nitrogens with zero attached hydrogens (tertiary/aromatic N) is 1. The predicted molar refractivity (Wildman–Crippen MR) is 85.7 cm³/mol. The average Bonchev–Trinajstić information content (AvgIpc) is 2.80. The Labute approximate surface area is 128 Å². The van der Waals surface area contributed by atoms with Gasteiger partial charge in [-0.3, -0.25) is 0 Å². The van der Waals surface area contributed by atoms with E-state index in [4.69, 9.17) is 5.73 Å². The molecule has 2 N–H and O–H groups in total. The van der Waals surface area contributed by atoms with E-state index in [1.807, 2.05) is 19.1 Å². The largest absolute Gasteiger partial charge is 0.330 e. The molecule has 1 aromatic rings. The fourth-order valence-corrected chi connectivity index (χ4v) is 4.59. The molecule has 2 rings (SSSR count). The second-order valence-electron chi connectivity index (χ2n) is 7.04. The zero-order valence-electron chi connectivity index (χ0n) is 13.3. The van der Waals surface area contributed by atoms with Crippen molar-refractivity contribution in [2.24, 2.45) is 11.7 Å². The van der Waals surface area contributed by atoms with Crippen LogP contribution in [0.4, 0.5) is 0 Å². The van der Waals surface area contributed by atoms with Crippen molar-refractivity contribution < 1.29 is 8.42 Å². The Morgan fingerprint density at radius 2 is 1.81 bits per heavy atom. The maximum absolute atomic E-state index is 12.8. The summed E-state index contributed by atoms with van der Waals surface area (Å²) in [5.74, 6) is 0.267. The van der Waals surface area contributed by atoms with Crippen molar-refractivity contribution in [1.29, 1.82) is 0 Å². The van der Waals surface area contributed by atoms with E-state index in [1.165, 1.54) is 0 Å². The lowest BCUT2D eigenvalue weighted by atomic mass is 9.87. The van der Waals surface area contributed by atoms with Gasteiger partial charge in [-0.15, -0.1) is 0 Å². The van der Waals surface area contributed by atoms with Gasteiger partial charge in [-0.05, 0) is 48.9 Å². The highest BCUT2D eigenvalue weighted by molar-refractivity contribution is 7.89. The van der Waals surface area contributed by atoms with Crippen LogP contribution in [-0.4, -0.2) is 31.9 Å². The van der Waals surface area contributed by atoms with Crippen LogP contribution in [-0.2, 0) is 15.4 Å². The first-order chi connectivity index (χ1) is 9.66. The first kappa shape index (κ1) is 16.5. The summed E-state index contributed by atoms with van der Waals surface area (Å²) < 4.78 is 27.1. The molecule has 1 aliphatic heterocycles. The smallest absolute Gasteiger partial charge is 0.243 e. The van der Waals surface area contributed by atoms with Crippen LogP contribution in [0, 0.1) is 5.92 Å². The van der Waals surface area contributed by atoms with E-state index in [2.05, 4.69) is 20.8 Å². The van der Waals surface area contributed by atoms with Gasteiger partial charge in [0.15, 0.2) is 0 Å². The van der Waals surface area contributed by atoms with E-state index in [1.54, 1.807) is 16.4 Å². The van der Waals surface area contributed by atoms with Gasteiger partial charge in [0.25, 0.3) is 0 Å². The van der Waals surface area contributed by atoms with E-state index in [0.29, 0.717) is 18.0 Å². The van der Waals surface area contributed by atoms with Crippen LogP contribution in [0.5, 0.6) is 0 Å². The molecule has 21 heavy (non-hydrogen) atoms. The number of hydrogen-bond donors (Lipinski definition) is 1. The van der Waals surface area contributed by atoms with Crippen LogP contribution < -0.4 is 5.73 Å². The SMILES string of the molecule is CC1CC(CN)CN1S(=O)(=O)c1ccc(C(C)(C)C)cc1. The second-order valence-corrected chi connectivity index (χ2v) is 8.93. The van der Waals surface area contributed by atoms with Gasteiger partial charge in [0.05, 0.1) is 4.90 Å². The topological polar surface area (TPSA) is 63.4 Å². The molecular weight excluding hydrogens is 284 g/mol. The summed E-state index contributed by atoms with van der Waals surface area (Å²) in [5.41, 5.74) is 6.84. The minimum Gasteiger partial charge on any atom is -0.330 e. The summed E-state index contributed by atoms with van der Waals surface area (Å²) in [7, 11) is -3.42. The quantitative estimate of drug-likeness (QED) is 0.932. The van der Waals surface area contributed by atoms with Crippen LogP contribution in [0.2, 0.25) is 0 Å². The molecule has 0 bridgehead atoms. The maximum atomic E-state index is 12.8. The number of rotatable bonds is 3. The molecule has 0 amide bonds. The number of nitrogens with two attached hydrogens (primary N) is 1. The molecule has 4 nitrogen and oxygen atoms in total. The molecule has 1 saturated heterocycles. The fraction of sp³-hybridized carbons (Fsp3) is 0.625. The zero-order chi connectivity index (χ0) is 15.8. The third-order valence-electron chi connectivity index (χ3n) is 4.26. The second kappa shape index (κ2) is 5.71. The molecule has 1 heterocycles. The summed E-state index contributed by atoms with van der Waals surface area (Å²) in [6.07, 6.45) is 0.843. The molecule has 2 unspecified atom stereocenters. The van der Waals surface area contributed by atoms with Crippen LogP contribution >= 0.6 is 0 Å². The van der Waals surface area contributed by atoms with Gasteiger partial charge >= 0.3 is 0 Å². The normalized spacial score (nSPS) is 24.4.